The fourth-order valence-corrected chi connectivity index (χ4v) is 4.51. The van der Waals surface area contributed by atoms with E-state index in [2.05, 4.69) is 9.97 Å². The third-order valence-electron chi connectivity index (χ3n) is 4.91. The Kier molecular flexibility index (Phi) is 5.85. The minimum Gasteiger partial charge on any atom is -0.444 e. The fraction of sp³-hybridized carbons (Fsp3) is 0.476. The molecule has 1 aromatic carbocycles. The monoisotopic (exact) mass is 464 g/mol. The van der Waals surface area contributed by atoms with E-state index >= 15 is 0 Å². The number of nitrogens with zero attached hydrogens (tertiary/aromatic N) is 4. The molecule has 1 amide bonds. The molecule has 0 aliphatic carbocycles. The van der Waals surface area contributed by atoms with Crippen molar-refractivity contribution in [2.75, 3.05) is 24.5 Å². The number of anilines is 1. The molecule has 1 fully saturated rings. The molecule has 2 aromatic heterocycles. The third kappa shape index (κ3) is 4.63. The predicted molar refractivity (Wildman–Crippen MR) is 121 cm³/mol. The number of halogens is 1. The lowest BCUT2D eigenvalue weighted by Gasteiger charge is -2.39. The largest absolute Gasteiger partial charge is 0.444 e. The highest BCUT2D eigenvalue weighted by atomic mass is 35.5. The molecule has 3 aromatic rings. The van der Waals surface area contributed by atoms with Gasteiger partial charge in [-0.3, -0.25) is 0 Å². The summed E-state index contributed by atoms with van der Waals surface area (Å²) in [6, 6.07) is 4.03. The number of benzene rings is 1. The van der Waals surface area contributed by atoms with Crippen molar-refractivity contribution in [2.45, 2.75) is 45.9 Å². The van der Waals surface area contributed by atoms with Crippen molar-refractivity contribution in [2.24, 2.45) is 0 Å². The first-order chi connectivity index (χ1) is 14.6. The van der Waals surface area contributed by atoms with Crippen LogP contribution in [0.4, 0.5) is 10.8 Å². The molecule has 1 saturated heterocycles. The number of aliphatic hydroxyl groups excluding tert-OH is 1. The second-order valence-corrected chi connectivity index (χ2v) is 10.1. The van der Waals surface area contributed by atoms with Crippen LogP contribution in [-0.4, -0.2) is 57.3 Å². The highest BCUT2D eigenvalue weighted by Crippen LogP contribution is 2.37. The van der Waals surface area contributed by atoms with E-state index in [1.807, 2.05) is 32.6 Å². The Morgan fingerprint density at radius 1 is 1.39 bits per heavy atom. The summed E-state index contributed by atoms with van der Waals surface area (Å²) >= 11 is 7.70. The number of piperazine rings is 1. The van der Waals surface area contributed by atoms with Crippen LogP contribution in [0.1, 0.15) is 32.6 Å². The lowest BCUT2D eigenvalue weighted by molar-refractivity contribution is 0.0216. The summed E-state index contributed by atoms with van der Waals surface area (Å²) in [7, 11) is 0. The maximum absolute atomic E-state index is 12.4. The van der Waals surface area contributed by atoms with Gasteiger partial charge in [0.15, 0.2) is 5.58 Å². The van der Waals surface area contributed by atoms with E-state index in [4.69, 9.17) is 20.8 Å². The first-order valence-electron chi connectivity index (χ1n) is 10.0. The molecular formula is C21H25ClN4O4S. The second-order valence-electron chi connectivity index (χ2n) is 8.56. The van der Waals surface area contributed by atoms with Crippen LogP contribution in [0.3, 0.4) is 0 Å². The Morgan fingerprint density at radius 2 is 2.16 bits per heavy atom. The minimum absolute atomic E-state index is 0.00546. The molecule has 1 N–H and O–H groups in total. The topological polar surface area (TPSA) is 91.9 Å². The summed E-state index contributed by atoms with van der Waals surface area (Å²) in [6.07, 6.45) is 1.33. The van der Waals surface area contributed by atoms with Crippen LogP contribution in [0.25, 0.3) is 21.7 Å². The van der Waals surface area contributed by atoms with Crippen molar-refractivity contribution in [3.05, 3.63) is 28.2 Å². The second kappa shape index (κ2) is 8.29. The number of amides is 1. The highest BCUT2D eigenvalue weighted by molar-refractivity contribution is 7.15. The van der Waals surface area contributed by atoms with Crippen LogP contribution in [0.15, 0.2) is 22.7 Å². The zero-order valence-electron chi connectivity index (χ0n) is 17.9. The van der Waals surface area contributed by atoms with Gasteiger partial charge in [0.05, 0.1) is 17.0 Å². The van der Waals surface area contributed by atoms with Crippen LogP contribution in [0.5, 0.6) is 0 Å². The minimum atomic E-state index is -0.529. The van der Waals surface area contributed by atoms with Crippen molar-refractivity contribution in [3.63, 3.8) is 0 Å². The van der Waals surface area contributed by atoms with Gasteiger partial charge in [-0.25, -0.2) is 9.78 Å². The molecule has 1 aliphatic rings. The van der Waals surface area contributed by atoms with E-state index in [0.717, 1.165) is 10.4 Å². The van der Waals surface area contributed by atoms with E-state index in [-0.39, 0.29) is 18.7 Å². The van der Waals surface area contributed by atoms with Crippen LogP contribution >= 0.6 is 22.9 Å². The normalized spacial score (nSPS) is 17.4. The number of aromatic nitrogens is 2. The van der Waals surface area contributed by atoms with Crippen molar-refractivity contribution in [1.29, 1.82) is 0 Å². The van der Waals surface area contributed by atoms with Gasteiger partial charge in [-0.1, -0.05) is 11.6 Å². The smallest absolute Gasteiger partial charge is 0.410 e. The van der Waals surface area contributed by atoms with Gasteiger partial charge in [-0.2, -0.15) is 4.98 Å². The van der Waals surface area contributed by atoms with Gasteiger partial charge < -0.3 is 24.1 Å². The Labute approximate surface area is 189 Å². The van der Waals surface area contributed by atoms with Crippen LogP contribution < -0.4 is 4.90 Å². The molecule has 0 saturated carbocycles. The van der Waals surface area contributed by atoms with Gasteiger partial charge in [0.1, 0.15) is 16.1 Å². The number of aliphatic hydroxyl groups is 1. The quantitative estimate of drug-likeness (QED) is 0.608. The van der Waals surface area contributed by atoms with Crippen molar-refractivity contribution in [1.82, 2.24) is 14.9 Å². The van der Waals surface area contributed by atoms with Gasteiger partial charge >= 0.3 is 6.09 Å². The van der Waals surface area contributed by atoms with Gasteiger partial charge in [0.25, 0.3) is 6.01 Å². The Hall–Kier alpha value is -2.36. The first kappa shape index (κ1) is 21.9. The first-order valence-corrected chi connectivity index (χ1v) is 11.2. The molecule has 0 bridgehead atoms. The van der Waals surface area contributed by atoms with Crippen molar-refractivity contribution in [3.8, 4) is 10.6 Å². The highest BCUT2D eigenvalue weighted by Gasteiger charge is 2.32. The number of carbonyl (C=O) groups excluding carboxylic acids is 1. The van der Waals surface area contributed by atoms with Gasteiger partial charge in [0.2, 0.25) is 0 Å². The van der Waals surface area contributed by atoms with Crippen LogP contribution in [0.2, 0.25) is 5.02 Å². The average Bonchev–Trinajstić information content (AvgIpc) is 3.32. The van der Waals surface area contributed by atoms with Crippen molar-refractivity contribution >= 4 is 46.1 Å². The standard InChI is InChI=1S/C21H25ClN4O4S/c1-12-10-25(20(28)30-21(2,3)4)5-6-26(12)19-24-16-8-13(22)7-15(17(16)29-19)18-23-9-14(11-27)31-18/h7-9,12,27H,5-6,10-11H2,1-4H3/t12-/m0/s1. The summed E-state index contributed by atoms with van der Waals surface area (Å²) in [5.41, 5.74) is 1.45. The van der Waals surface area contributed by atoms with E-state index in [1.165, 1.54) is 11.3 Å². The zero-order chi connectivity index (χ0) is 22.3. The fourth-order valence-electron chi connectivity index (χ4n) is 3.51. The Morgan fingerprint density at radius 3 is 2.81 bits per heavy atom. The Bertz CT molecular complexity index is 1110. The maximum Gasteiger partial charge on any atom is 0.410 e. The number of fused-ring (bicyclic) bond motifs is 1. The Balaban J connectivity index is 1.59. The maximum atomic E-state index is 12.4. The molecule has 4 rings (SSSR count). The number of carbonyl (C=O) groups is 1. The number of thiazole rings is 1. The molecule has 0 radical (unpaired) electrons. The summed E-state index contributed by atoms with van der Waals surface area (Å²) in [6.45, 7) is 9.12. The van der Waals surface area contributed by atoms with Crippen LogP contribution in [0, 0.1) is 0 Å². The van der Waals surface area contributed by atoms with E-state index in [0.29, 0.717) is 46.8 Å². The molecule has 8 nitrogen and oxygen atoms in total. The van der Waals surface area contributed by atoms with E-state index < -0.39 is 5.60 Å². The number of hydrogen-bond donors (Lipinski definition) is 1. The van der Waals surface area contributed by atoms with Gasteiger partial charge in [-0.15, -0.1) is 11.3 Å². The SMILES string of the molecule is C[C@H]1CN(C(=O)OC(C)(C)C)CCN1c1nc2cc(Cl)cc(-c3ncc(CO)s3)c2o1. The van der Waals surface area contributed by atoms with E-state index in [9.17, 15) is 9.90 Å². The predicted octanol–water partition coefficient (Wildman–Crippen LogP) is 4.54. The van der Waals surface area contributed by atoms with Crippen LogP contribution in [-0.2, 0) is 11.3 Å². The summed E-state index contributed by atoms with van der Waals surface area (Å²) in [5.74, 6) is 0. The number of hydrogen-bond acceptors (Lipinski definition) is 8. The molecule has 0 spiro atoms. The number of oxazole rings is 1. The van der Waals surface area contributed by atoms with E-state index in [1.54, 1.807) is 23.2 Å². The molecule has 1 atom stereocenters. The lowest BCUT2D eigenvalue weighted by atomic mass is 10.2. The average molecular weight is 465 g/mol. The summed E-state index contributed by atoms with van der Waals surface area (Å²) < 4.78 is 11.7. The number of ether oxygens (including phenoxy) is 1. The van der Waals surface area contributed by atoms with Crippen molar-refractivity contribution < 1.29 is 19.1 Å². The molecule has 10 heteroatoms. The van der Waals surface area contributed by atoms with Gasteiger partial charge in [0, 0.05) is 36.9 Å². The summed E-state index contributed by atoms with van der Waals surface area (Å²) in [5, 5.41) is 10.6. The van der Waals surface area contributed by atoms with Gasteiger partial charge in [-0.05, 0) is 39.8 Å². The lowest BCUT2D eigenvalue weighted by Crippen LogP contribution is -2.54. The molecule has 3 heterocycles. The molecular weight excluding hydrogens is 440 g/mol. The summed E-state index contributed by atoms with van der Waals surface area (Å²) in [4.78, 5) is 26.0. The molecule has 1 aliphatic heterocycles. The molecule has 0 unspecified atom stereocenters. The molecule has 31 heavy (non-hydrogen) atoms. The number of rotatable bonds is 3. The zero-order valence-corrected chi connectivity index (χ0v) is 19.5. The molecule has 166 valence electrons. The third-order valence-corrected chi connectivity index (χ3v) is 6.14.